The van der Waals surface area contributed by atoms with E-state index in [2.05, 4.69) is 4.74 Å². The Hall–Kier alpha value is -2.36. The highest BCUT2D eigenvalue weighted by Crippen LogP contribution is 2.32. The number of benzene rings is 1. The second kappa shape index (κ2) is 6.19. The molecule has 20 heavy (non-hydrogen) atoms. The van der Waals surface area contributed by atoms with E-state index >= 15 is 0 Å². The third kappa shape index (κ3) is 3.57. The fourth-order valence-electron chi connectivity index (χ4n) is 1.62. The highest BCUT2D eigenvalue weighted by molar-refractivity contribution is 5.85. The van der Waals surface area contributed by atoms with Gasteiger partial charge in [0.05, 0.1) is 30.2 Å². The Balaban J connectivity index is 3.36. The third-order valence-electron chi connectivity index (χ3n) is 2.47. The van der Waals surface area contributed by atoms with Gasteiger partial charge in [0.1, 0.15) is 0 Å². The van der Waals surface area contributed by atoms with Crippen molar-refractivity contribution in [3.63, 3.8) is 0 Å². The Labute approximate surface area is 112 Å². The first-order chi connectivity index (χ1) is 9.33. The molecule has 0 amide bonds. The van der Waals surface area contributed by atoms with Crippen LogP contribution in [-0.2, 0) is 22.1 Å². The second-order valence-electron chi connectivity index (χ2n) is 3.81. The van der Waals surface area contributed by atoms with Gasteiger partial charge in [0.2, 0.25) is 0 Å². The van der Waals surface area contributed by atoms with Gasteiger partial charge in [0, 0.05) is 5.56 Å². The van der Waals surface area contributed by atoms with Gasteiger partial charge in [0.25, 0.3) is 0 Å². The molecule has 0 radical (unpaired) electrons. The van der Waals surface area contributed by atoms with Crippen molar-refractivity contribution in [2.75, 3.05) is 6.61 Å². The SMILES string of the molecule is CCOC(=O)Cc1cc(C(F)(F)F)cc(C#N)c1C=O. The molecule has 0 saturated carbocycles. The van der Waals surface area contributed by atoms with E-state index in [1.54, 1.807) is 6.92 Å². The van der Waals surface area contributed by atoms with Crippen LogP contribution in [-0.4, -0.2) is 18.9 Å². The highest BCUT2D eigenvalue weighted by Gasteiger charge is 2.32. The van der Waals surface area contributed by atoms with Gasteiger partial charge in [0.15, 0.2) is 6.29 Å². The summed E-state index contributed by atoms with van der Waals surface area (Å²) in [6, 6.07) is 2.79. The predicted octanol–water partition coefficient (Wildman–Crippen LogP) is 2.50. The molecule has 0 unspecified atom stereocenters. The molecule has 0 aliphatic carbocycles. The number of halogens is 3. The number of carbonyl (C=O) groups is 2. The van der Waals surface area contributed by atoms with E-state index < -0.39 is 29.7 Å². The summed E-state index contributed by atoms with van der Waals surface area (Å²) < 4.78 is 42.7. The van der Waals surface area contributed by atoms with Gasteiger partial charge in [-0.1, -0.05) is 0 Å². The van der Waals surface area contributed by atoms with E-state index in [-0.39, 0.29) is 24.0 Å². The molecule has 0 saturated heterocycles. The molecule has 0 N–H and O–H groups in total. The first kappa shape index (κ1) is 15.7. The summed E-state index contributed by atoms with van der Waals surface area (Å²) >= 11 is 0. The van der Waals surface area contributed by atoms with Gasteiger partial charge in [-0.3, -0.25) is 9.59 Å². The molecule has 7 heteroatoms. The minimum Gasteiger partial charge on any atom is -0.466 e. The van der Waals surface area contributed by atoms with Gasteiger partial charge in [-0.2, -0.15) is 18.4 Å². The van der Waals surface area contributed by atoms with E-state index in [4.69, 9.17) is 5.26 Å². The third-order valence-corrected chi connectivity index (χ3v) is 2.47. The van der Waals surface area contributed by atoms with Gasteiger partial charge in [-0.25, -0.2) is 0 Å². The molecule has 0 fully saturated rings. The van der Waals surface area contributed by atoms with Crippen LogP contribution >= 0.6 is 0 Å². The van der Waals surface area contributed by atoms with Crippen molar-refractivity contribution in [2.45, 2.75) is 19.5 Å². The van der Waals surface area contributed by atoms with Crippen LogP contribution < -0.4 is 0 Å². The number of nitrogens with zero attached hydrogens (tertiary/aromatic N) is 1. The largest absolute Gasteiger partial charge is 0.466 e. The van der Waals surface area contributed by atoms with E-state index in [9.17, 15) is 22.8 Å². The van der Waals surface area contributed by atoms with Gasteiger partial charge in [-0.15, -0.1) is 0 Å². The zero-order chi connectivity index (χ0) is 15.3. The van der Waals surface area contributed by atoms with Crippen molar-refractivity contribution < 1.29 is 27.5 Å². The number of esters is 1. The summed E-state index contributed by atoms with van der Waals surface area (Å²) in [6.45, 7) is 1.62. The van der Waals surface area contributed by atoms with Crippen molar-refractivity contribution in [1.82, 2.24) is 0 Å². The van der Waals surface area contributed by atoms with Crippen LogP contribution in [0.1, 0.15) is 34.0 Å². The molecular formula is C13H10F3NO3. The van der Waals surface area contributed by atoms with E-state index in [1.807, 2.05) is 0 Å². The molecule has 0 spiro atoms. The molecule has 0 heterocycles. The Morgan fingerprint density at radius 2 is 2.10 bits per heavy atom. The molecule has 0 bridgehead atoms. The maximum Gasteiger partial charge on any atom is 0.416 e. The molecule has 0 aliphatic rings. The lowest BCUT2D eigenvalue weighted by Gasteiger charge is -2.12. The van der Waals surface area contributed by atoms with Crippen LogP contribution in [0.3, 0.4) is 0 Å². The van der Waals surface area contributed by atoms with Crippen molar-refractivity contribution in [3.8, 4) is 6.07 Å². The van der Waals surface area contributed by atoms with Crippen LogP contribution in [0.4, 0.5) is 13.2 Å². The fourth-order valence-corrected chi connectivity index (χ4v) is 1.62. The van der Waals surface area contributed by atoms with Crippen molar-refractivity contribution in [1.29, 1.82) is 5.26 Å². The quantitative estimate of drug-likeness (QED) is 0.629. The summed E-state index contributed by atoms with van der Waals surface area (Å²) in [5, 5.41) is 8.81. The van der Waals surface area contributed by atoms with Crippen molar-refractivity contribution in [2.24, 2.45) is 0 Å². The lowest BCUT2D eigenvalue weighted by atomic mass is 9.96. The Morgan fingerprint density at radius 1 is 1.45 bits per heavy atom. The van der Waals surface area contributed by atoms with Crippen LogP contribution in [0.25, 0.3) is 0 Å². The van der Waals surface area contributed by atoms with Crippen LogP contribution in [0, 0.1) is 11.3 Å². The average molecular weight is 285 g/mol. The first-order valence-electron chi connectivity index (χ1n) is 5.58. The Bertz CT molecular complexity index is 573. The Kier molecular flexibility index (Phi) is 4.86. The number of hydrogen-bond acceptors (Lipinski definition) is 4. The van der Waals surface area contributed by atoms with Crippen molar-refractivity contribution >= 4 is 12.3 Å². The molecule has 1 aromatic carbocycles. The Morgan fingerprint density at radius 3 is 2.55 bits per heavy atom. The van der Waals surface area contributed by atoms with Gasteiger partial charge >= 0.3 is 12.1 Å². The molecule has 0 aromatic heterocycles. The first-order valence-corrected chi connectivity index (χ1v) is 5.58. The van der Waals surface area contributed by atoms with Crippen LogP contribution in [0.5, 0.6) is 0 Å². The zero-order valence-electron chi connectivity index (χ0n) is 10.5. The molecular weight excluding hydrogens is 275 g/mol. The lowest BCUT2D eigenvalue weighted by Crippen LogP contribution is -2.13. The number of ether oxygens (including phenoxy) is 1. The normalized spacial score (nSPS) is 10.8. The van der Waals surface area contributed by atoms with E-state index in [0.717, 1.165) is 0 Å². The topological polar surface area (TPSA) is 67.2 Å². The summed E-state index contributed by atoms with van der Waals surface area (Å²) in [5.41, 5.74) is -1.91. The monoisotopic (exact) mass is 285 g/mol. The number of rotatable bonds is 4. The maximum absolute atomic E-state index is 12.7. The molecule has 0 atom stereocenters. The lowest BCUT2D eigenvalue weighted by molar-refractivity contribution is -0.142. The molecule has 1 rings (SSSR count). The number of nitriles is 1. The zero-order valence-corrected chi connectivity index (χ0v) is 10.5. The average Bonchev–Trinajstić information content (AvgIpc) is 2.36. The van der Waals surface area contributed by atoms with Gasteiger partial charge in [-0.05, 0) is 24.6 Å². The number of alkyl halides is 3. The fraction of sp³-hybridized carbons (Fsp3) is 0.308. The molecule has 0 aliphatic heterocycles. The summed E-state index contributed by atoms with van der Waals surface area (Å²) in [5.74, 6) is -0.765. The predicted molar refractivity (Wildman–Crippen MR) is 61.9 cm³/mol. The second-order valence-corrected chi connectivity index (χ2v) is 3.81. The summed E-state index contributed by atoms with van der Waals surface area (Å²) in [4.78, 5) is 22.3. The van der Waals surface area contributed by atoms with E-state index in [0.29, 0.717) is 12.1 Å². The minimum atomic E-state index is -4.67. The van der Waals surface area contributed by atoms with E-state index in [1.165, 1.54) is 6.07 Å². The molecule has 1 aromatic rings. The summed E-state index contributed by atoms with van der Waals surface area (Å²) in [6.07, 6.45) is -4.91. The summed E-state index contributed by atoms with van der Waals surface area (Å²) in [7, 11) is 0. The standard InChI is InChI=1S/C13H10F3NO3/c1-2-20-12(19)5-8-3-10(13(14,15)16)4-9(6-17)11(8)7-18/h3-4,7H,2,5H2,1H3. The smallest absolute Gasteiger partial charge is 0.416 e. The highest BCUT2D eigenvalue weighted by atomic mass is 19.4. The molecule has 4 nitrogen and oxygen atoms in total. The van der Waals surface area contributed by atoms with Crippen LogP contribution in [0.2, 0.25) is 0 Å². The number of hydrogen-bond donors (Lipinski definition) is 0. The number of carbonyl (C=O) groups excluding carboxylic acids is 2. The minimum absolute atomic E-state index is 0.0688. The molecule has 106 valence electrons. The maximum atomic E-state index is 12.7. The van der Waals surface area contributed by atoms with Crippen LogP contribution in [0.15, 0.2) is 12.1 Å². The van der Waals surface area contributed by atoms with Gasteiger partial charge < -0.3 is 4.74 Å². The number of aldehydes is 1. The van der Waals surface area contributed by atoms with Crippen molar-refractivity contribution in [3.05, 3.63) is 34.4 Å².